The third-order valence-corrected chi connectivity index (χ3v) is 5.31. The Balaban J connectivity index is 1.32. The minimum absolute atomic E-state index is 0.326. The molecule has 0 bridgehead atoms. The third-order valence-electron chi connectivity index (χ3n) is 5.06. The van der Waals surface area contributed by atoms with E-state index in [1.807, 2.05) is 72.8 Å². The molecule has 4 aromatic rings. The number of nitrogens with one attached hydrogen (secondary N) is 2. The molecule has 0 radical (unpaired) electrons. The summed E-state index contributed by atoms with van der Waals surface area (Å²) in [4.78, 5) is 12.4. The van der Waals surface area contributed by atoms with Crippen LogP contribution in [0.1, 0.15) is 34.1 Å². The number of halogens is 1. The third kappa shape index (κ3) is 6.08. The van der Waals surface area contributed by atoms with Gasteiger partial charge in [-0.25, -0.2) is 5.43 Å². The van der Waals surface area contributed by atoms with E-state index in [2.05, 4.69) is 27.6 Å². The summed E-state index contributed by atoms with van der Waals surface area (Å²) < 4.78 is 5.81. The molecule has 4 rings (SSSR count). The topological polar surface area (TPSA) is 79.4 Å². The first-order valence-corrected chi connectivity index (χ1v) is 10.9. The first-order chi connectivity index (χ1) is 16.1. The predicted octanol–water partition coefficient (Wildman–Crippen LogP) is 5.64. The van der Waals surface area contributed by atoms with Crippen LogP contribution in [0.15, 0.2) is 84.0 Å². The van der Waals surface area contributed by atoms with Gasteiger partial charge in [0.1, 0.15) is 18.1 Å². The zero-order valence-electron chi connectivity index (χ0n) is 18.1. The maximum atomic E-state index is 12.4. The molecule has 0 atom stereocenters. The average molecular weight is 459 g/mol. The van der Waals surface area contributed by atoms with Gasteiger partial charge in [0.2, 0.25) is 0 Å². The van der Waals surface area contributed by atoms with Gasteiger partial charge in [-0.2, -0.15) is 10.2 Å². The van der Waals surface area contributed by atoms with Crippen LogP contribution in [0.2, 0.25) is 5.02 Å². The Bertz CT molecular complexity index is 1230. The van der Waals surface area contributed by atoms with E-state index in [1.54, 1.807) is 12.3 Å². The second-order valence-corrected chi connectivity index (χ2v) is 7.84. The van der Waals surface area contributed by atoms with Crippen molar-refractivity contribution in [2.24, 2.45) is 5.10 Å². The second kappa shape index (κ2) is 10.6. The molecule has 0 saturated carbocycles. The lowest BCUT2D eigenvalue weighted by molar-refractivity contribution is 0.0950. The summed E-state index contributed by atoms with van der Waals surface area (Å²) in [6.07, 6.45) is 2.59. The van der Waals surface area contributed by atoms with Crippen LogP contribution in [0.4, 0.5) is 0 Å². The van der Waals surface area contributed by atoms with E-state index >= 15 is 0 Å². The van der Waals surface area contributed by atoms with Crippen LogP contribution in [0.3, 0.4) is 0 Å². The monoisotopic (exact) mass is 458 g/mol. The number of aromatic amines is 1. The van der Waals surface area contributed by atoms with Gasteiger partial charge in [0.15, 0.2) is 0 Å². The molecular weight excluding hydrogens is 436 g/mol. The molecule has 1 aromatic heterocycles. The zero-order chi connectivity index (χ0) is 23.0. The number of nitrogens with zero attached hydrogens (tertiary/aromatic N) is 2. The standard InChI is InChI=1S/C26H23ClN4O2/c1-2-18-3-5-19(6-4-18)16-28-31-26(32)25-15-24(29-30-25)21-9-13-23(14-10-21)33-17-20-7-11-22(27)12-8-20/h3-16H,2,17H2,1H3,(H,29,30)(H,31,32)/b28-16-. The summed E-state index contributed by atoms with van der Waals surface area (Å²) in [5.41, 5.74) is 7.56. The highest BCUT2D eigenvalue weighted by Gasteiger charge is 2.10. The molecule has 0 aliphatic heterocycles. The van der Waals surface area contributed by atoms with E-state index in [1.165, 1.54) is 5.56 Å². The van der Waals surface area contributed by atoms with Crippen molar-refractivity contribution < 1.29 is 9.53 Å². The summed E-state index contributed by atoms with van der Waals surface area (Å²) >= 11 is 5.90. The van der Waals surface area contributed by atoms with Gasteiger partial charge in [0, 0.05) is 10.6 Å². The van der Waals surface area contributed by atoms with Crippen molar-refractivity contribution in [3.63, 3.8) is 0 Å². The molecule has 0 unspecified atom stereocenters. The Kier molecular flexibility index (Phi) is 7.17. The molecule has 6 nitrogen and oxygen atoms in total. The predicted molar refractivity (Wildman–Crippen MR) is 131 cm³/mol. The SMILES string of the molecule is CCc1ccc(/C=N\NC(=O)c2cc(-c3ccc(OCc4ccc(Cl)cc4)cc3)n[nH]2)cc1. The van der Waals surface area contributed by atoms with Crippen LogP contribution in [-0.4, -0.2) is 22.3 Å². The number of carbonyl (C=O) groups excluding carboxylic acids is 1. The molecule has 1 amide bonds. The number of benzene rings is 3. The van der Waals surface area contributed by atoms with Crippen LogP contribution >= 0.6 is 11.6 Å². The normalized spacial score (nSPS) is 11.0. The molecule has 0 aliphatic rings. The van der Waals surface area contributed by atoms with Crippen molar-refractivity contribution in [2.45, 2.75) is 20.0 Å². The number of carbonyl (C=O) groups is 1. The molecule has 0 saturated heterocycles. The number of hydrazone groups is 1. The van der Waals surface area contributed by atoms with Crippen molar-refractivity contribution in [1.82, 2.24) is 15.6 Å². The van der Waals surface area contributed by atoms with Gasteiger partial charge in [0.05, 0.1) is 11.9 Å². The molecule has 0 fully saturated rings. The summed E-state index contributed by atoms with van der Waals surface area (Å²) in [7, 11) is 0. The lowest BCUT2D eigenvalue weighted by Crippen LogP contribution is -2.17. The van der Waals surface area contributed by atoms with Crippen LogP contribution in [0.5, 0.6) is 5.75 Å². The van der Waals surface area contributed by atoms with Gasteiger partial charge in [-0.05, 0) is 65.6 Å². The summed E-state index contributed by atoms with van der Waals surface area (Å²) in [6, 6.07) is 24.8. The fourth-order valence-corrected chi connectivity index (χ4v) is 3.25. The number of hydrogen-bond donors (Lipinski definition) is 2. The van der Waals surface area contributed by atoms with Gasteiger partial charge in [-0.3, -0.25) is 9.89 Å². The Morgan fingerprint density at radius 3 is 2.42 bits per heavy atom. The number of hydrogen-bond acceptors (Lipinski definition) is 4. The van der Waals surface area contributed by atoms with E-state index in [9.17, 15) is 4.79 Å². The van der Waals surface area contributed by atoms with Crippen LogP contribution < -0.4 is 10.2 Å². The highest BCUT2D eigenvalue weighted by Crippen LogP contribution is 2.22. The number of aromatic nitrogens is 2. The molecule has 3 aromatic carbocycles. The summed E-state index contributed by atoms with van der Waals surface area (Å²) in [5, 5.41) is 11.7. The fraction of sp³-hybridized carbons (Fsp3) is 0.115. The molecule has 2 N–H and O–H groups in total. The van der Waals surface area contributed by atoms with Crippen molar-refractivity contribution in [3.8, 4) is 17.0 Å². The lowest BCUT2D eigenvalue weighted by Gasteiger charge is -2.07. The molecule has 7 heteroatoms. The van der Waals surface area contributed by atoms with Crippen molar-refractivity contribution >= 4 is 23.7 Å². The highest BCUT2D eigenvalue weighted by molar-refractivity contribution is 6.30. The summed E-state index contributed by atoms with van der Waals surface area (Å²) in [6.45, 7) is 2.56. The average Bonchev–Trinajstić information content (AvgIpc) is 3.35. The van der Waals surface area contributed by atoms with Gasteiger partial charge >= 0.3 is 0 Å². The van der Waals surface area contributed by atoms with Crippen LogP contribution in [0.25, 0.3) is 11.3 Å². The first-order valence-electron chi connectivity index (χ1n) is 10.6. The number of ether oxygens (including phenoxy) is 1. The Labute approximate surface area is 197 Å². The smallest absolute Gasteiger partial charge is 0.289 e. The Morgan fingerprint density at radius 1 is 1.03 bits per heavy atom. The molecule has 166 valence electrons. The molecule has 0 spiro atoms. The quantitative estimate of drug-likeness (QED) is 0.265. The number of rotatable bonds is 8. The van der Waals surface area contributed by atoms with E-state index in [-0.39, 0.29) is 5.91 Å². The summed E-state index contributed by atoms with van der Waals surface area (Å²) in [5.74, 6) is 0.376. The van der Waals surface area contributed by atoms with E-state index in [0.717, 1.165) is 28.9 Å². The lowest BCUT2D eigenvalue weighted by atomic mass is 10.1. The van der Waals surface area contributed by atoms with Crippen LogP contribution in [0, 0.1) is 0 Å². The minimum Gasteiger partial charge on any atom is -0.489 e. The second-order valence-electron chi connectivity index (χ2n) is 7.40. The van der Waals surface area contributed by atoms with Crippen molar-refractivity contribution in [1.29, 1.82) is 0 Å². The van der Waals surface area contributed by atoms with E-state index in [4.69, 9.17) is 16.3 Å². The molecule has 0 aliphatic carbocycles. The van der Waals surface area contributed by atoms with Crippen molar-refractivity contribution in [3.05, 3.63) is 106 Å². The van der Waals surface area contributed by atoms with Gasteiger partial charge in [0.25, 0.3) is 5.91 Å². The maximum Gasteiger partial charge on any atom is 0.289 e. The minimum atomic E-state index is -0.363. The van der Waals surface area contributed by atoms with E-state index in [0.29, 0.717) is 23.0 Å². The number of amides is 1. The Hall–Kier alpha value is -3.90. The molecular formula is C26H23ClN4O2. The largest absolute Gasteiger partial charge is 0.489 e. The van der Waals surface area contributed by atoms with Gasteiger partial charge in [-0.1, -0.05) is 54.9 Å². The van der Waals surface area contributed by atoms with Crippen LogP contribution in [-0.2, 0) is 13.0 Å². The zero-order valence-corrected chi connectivity index (χ0v) is 18.8. The van der Waals surface area contributed by atoms with E-state index < -0.39 is 0 Å². The highest BCUT2D eigenvalue weighted by atomic mass is 35.5. The molecule has 1 heterocycles. The molecule has 33 heavy (non-hydrogen) atoms. The van der Waals surface area contributed by atoms with Gasteiger partial charge in [-0.15, -0.1) is 0 Å². The fourth-order valence-electron chi connectivity index (χ4n) is 3.12. The first kappa shape index (κ1) is 22.3. The van der Waals surface area contributed by atoms with Crippen molar-refractivity contribution in [2.75, 3.05) is 0 Å². The van der Waals surface area contributed by atoms with Gasteiger partial charge < -0.3 is 4.74 Å². The maximum absolute atomic E-state index is 12.4. The number of aryl methyl sites for hydroxylation is 1. The Morgan fingerprint density at radius 2 is 1.73 bits per heavy atom. The number of H-pyrrole nitrogens is 1.